The largest absolute Gasteiger partial charge is 0.486 e. The smallest absolute Gasteiger partial charge is 0.305 e. The molecule has 1 aromatic carbocycles. The van der Waals surface area contributed by atoms with Crippen molar-refractivity contribution >= 4 is 11.9 Å². The predicted molar refractivity (Wildman–Crippen MR) is 84.8 cm³/mol. The van der Waals surface area contributed by atoms with E-state index in [4.69, 9.17) is 14.6 Å². The zero-order valence-electron chi connectivity index (χ0n) is 13.6. The minimum absolute atomic E-state index is 0.0421. The van der Waals surface area contributed by atoms with Crippen molar-refractivity contribution in [2.24, 2.45) is 5.92 Å². The highest BCUT2D eigenvalue weighted by atomic mass is 16.6. The van der Waals surface area contributed by atoms with Gasteiger partial charge in [-0.15, -0.1) is 0 Å². The van der Waals surface area contributed by atoms with Crippen molar-refractivity contribution in [2.45, 2.75) is 26.7 Å². The summed E-state index contributed by atoms with van der Waals surface area (Å²) in [5, 5.41) is 8.83. The van der Waals surface area contributed by atoms with E-state index in [1.54, 1.807) is 11.0 Å². The van der Waals surface area contributed by atoms with Crippen molar-refractivity contribution in [1.82, 2.24) is 4.90 Å². The van der Waals surface area contributed by atoms with Crippen molar-refractivity contribution in [1.29, 1.82) is 0 Å². The van der Waals surface area contributed by atoms with Crippen molar-refractivity contribution in [3.05, 3.63) is 23.8 Å². The van der Waals surface area contributed by atoms with Gasteiger partial charge in [0, 0.05) is 13.1 Å². The van der Waals surface area contributed by atoms with E-state index in [1.165, 1.54) is 0 Å². The van der Waals surface area contributed by atoms with Crippen LogP contribution in [0.1, 0.15) is 25.8 Å². The maximum atomic E-state index is 12.5. The van der Waals surface area contributed by atoms with Crippen LogP contribution in [-0.4, -0.2) is 48.2 Å². The van der Waals surface area contributed by atoms with Crippen LogP contribution in [0.15, 0.2) is 18.2 Å². The van der Waals surface area contributed by atoms with E-state index >= 15 is 0 Å². The summed E-state index contributed by atoms with van der Waals surface area (Å²) in [6.07, 6.45) is 0.183. The molecule has 2 rings (SSSR count). The second-order valence-corrected chi connectivity index (χ2v) is 6.03. The molecule has 23 heavy (non-hydrogen) atoms. The molecule has 126 valence electrons. The van der Waals surface area contributed by atoms with Gasteiger partial charge < -0.3 is 19.5 Å². The van der Waals surface area contributed by atoms with Crippen LogP contribution in [0.25, 0.3) is 0 Å². The molecule has 0 aliphatic carbocycles. The molecule has 1 N–H and O–H groups in total. The zero-order valence-corrected chi connectivity index (χ0v) is 13.6. The highest BCUT2D eigenvalue weighted by molar-refractivity contribution is 5.79. The highest BCUT2D eigenvalue weighted by Crippen LogP contribution is 2.31. The van der Waals surface area contributed by atoms with Gasteiger partial charge >= 0.3 is 5.97 Å². The fourth-order valence-electron chi connectivity index (χ4n) is 2.47. The van der Waals surface area contributed by atoms with Crippen LogP contribution in [-0.2, 0) is 16.0 Å². The predicted octanol–water partition coefficient (Wildman–Crippen LogP) is 1.96. The lowest BCUT2D eigenvalue weighted by atomic mass is 10.1. The average molecular weight is 321 g/mol. The van der Waals surface area contributed by atoms with Gasteiger partial charge in [0.1, 0.15) is 13.2 Å². The molecule has 6 nitrogen and oxygen atoms in total. The highest BCUT2D eigenvalue weighted by Gasteiger charge is 2.18. The van der Waals surface area contributed by atoms with Crippen molar-refractivity contribution in [3.63, 3.8) is 0 Å². The van der Waals surface area contributed by atoms with E-state index < -0.39 is 5.97 Å². The number of carboxylic acids is 1. The van der Waals surface area contributed by atoms with Crippen LogP contribution in [0.2, 0.25) is 0 Å². The van der Waals surface area contributed by atoms with Gasteiger partial charge in [0.25, 0.3) is 0 Å². The standard InChI is InChI=1S/C17H23NO5/c1-12(2)11-18(6-5-17(20)21)16(19)10-13-3-4-14-15(9-13)23-8-7-22-14/h3-4,9,12H,5-8,10-11H2,1-2H3,(H,20,21). The van der Waals surface area contributed by atoms with Crippen LogP contribution in [0.5, 0.6) is 11.5 Å². The molecule has 0 unspecified atom stereocenters. The molecule has 1 heterocycles. The molecule has 6 heteroatoms. The number of carbonyl (C=O) groups excluding carboxylic acids is 1. The summed E-state index contributed by atoms with van der Waals surface area (Å²) in [7, 11) is 0. The molecular weight excluding hydrogens is 298 g/mol. The molecule has 0 atom stereocenters. The first kappa shape index (κ1) is 17.1. The third-order valence-electron chi connectivity index (χ3n) is 3.50. The number of carbonyl (C=O) groups is 2. The van der Waals surface area contributed by atoms with Gasteiger partial charge in [-0.2, -0.15) is 0 Å². The molecular formula is C17H23NO5. The Morgan fingerprint density at radius 3 is 2.57 bits per heavy atom. The summed E-state index contributed by atoms with van der Waals surface area (Å²) in [4.78, 5) is 24.9. The van der Waals surface area contributed by atoms with Crippen molar-refractivity contribution in [2.75, 3.05) is 26.3 Å². The second kappa shape index (κ2) is 7.85. The lowest BCUT2D eigenvalue weighted by Crippen LogP contribution is -2.37. The first-order valence-corrected chi connectivity index (χ1v) is 7.84. The Labute approximate surface area is 136 Å². The molecule has 1 aliphatic rings. The minimum atomic E-state index is -0.897. The topological polar surface area (TPSA) is 76.1 Å². The summed E-state index contributed by atoms with van der Waals surface area (Å²) >= 11 is 0. The first-order chi connectivity index (χ1) is 11.0. The Balaban J connectivity index is 2.03. The number of amides is 1. The number of carboxylic acid groups (broad SMARTS) is 1. The summed E-state index contributed by atoms with van der Waals surface area (Å²) < 4.78 is 11.0. The summed E-state index contributed by atoms with van der Waals surface area (Å²) in [6.45, 7) is 5.83. The lowest BCUT2D eigenvalue weighted by Gasteiger charge is -2.24. The number of aliphatic carboxylic acids is 1. The summed E-state index contributed by atoms with van der Waals surface area (Å²) in [6, 6.07) is 5.47. The van der Waals surface area contributed by atoms with E-state index in [0.29, 0.717) is 31.3 Å². The number of hydrogen-bond donors (Lipinski definition) is 1. The molecule has 0 aromatic heterocycles. The molecule has 0 bridgehead atoms. The van der Waals surface area contributed by atoms with Crippen molar-refractivity contribution in [3.8, 4) is 11.5 Å². The summed E-state index contributed by atoms with van der Waals surface area (Å²) in [5.74, 6) is 0.662. The number of ether oxygens (including phenoxy) is 2. The van der Waals surface area contributed by atoms with E-state index in [2.05, 4.69) is 0 Å². The molecule has 0 radical (unpaired) electrons. The monoisotopic (exact) mass is 321 g/mol. The maximum Gasteiger partial charge on any atom is 0.305 e. The number of nitrogens with zero attached hydrogens (tertiary/aromatic N) is 1. The van der Waals surface area contributed by atoms with Crippen LogP contribution in [0, 0.1) is 5.92 Å². The molecule has 0 saturated carbocycles. The number of benzene rings is 1. The SMILES string of the molecule is CC(C)CN(CCC(=O)O)C(=O)Cc1ccc2c(c1)OCCO2. The van der Waals surface area contributed by atoms with Gasteiger partial charge in [-0.1, -0.05) is 19.9 Å². The Hall–Kier alpha value is -2.24. The number of hydrogen-bond acceptors (Lipinski definition) is 4. The fourth-order valence-corrected chi connectivity index (χ4v) is 2.47. The normalized spacial score (nSPS) is 13.0. The van der Waals surface area contributed by atoms with Gasteiger partial charge in [-0.3, -0.25) is 9.59 Å². The third-order valence-corrected chi connectivity index (χ3v) is 3.50. The minimum Gasteiger partial charge on any atom is -0.486 e. The van der Waals surface area contributed by atoms with E-state index in [-0.39, 0.29) is 31.2 Å². The summed E-state index contributed by atoms with van der Waals surface area (Å²) in [5.41, 5.74) is 0.836. The quantitative estimate of drug-likeness (QED) is 0.831. The molecule has 0 saturated heterocycles. The molecule has 1 aromatic rings. The van der Waals surface area contributed by atoms with Crippen LogP contribution < -0.4 is 9.47 Å². The van der Waals surface area contributed by atoms with E-state index in [9.17, 15) is 9.59 Å². The van der Waals surface area contributed by atoms with Gasteiger partial charge in [0.15, 0.2) is 11.5 Å². The molecule has 1 aliphatic heterocycles. The average Bonchev–Trinajstić information content (AvgIpc) is 2.50. The Kier molecular flexibility index (Phi) is 5.84. The van der Waals surface area contributed by atoms with Crippen LogP contribution in [0.4, 0.5) is 0 Å². The third kappa shape index (κ3) is 5.16. The van der Waals surface area contributed by atoms with Gasteiger partial charge in [-0.05, 0) is 23.6 Å². The molecule has 0 spiro atoms. The van der Waals surface area contributed by atoms with E-state index in [1.807, 2.05) is 26.0 Å². The maximum absolute atomic E-state index is 12.5. The Morgan fingerprint density at radius 1 is 1.22 bits per heavy atom. The Bertz CT molecular complexity index is 570. The second-order valence-electron chi connectivity index (χ2n) is 6.03. The van der Waals surface area contributed by atoms with Gasteiger partial charge in [-0.25, -0.2) is 0 Å². The van der Waals surface area contributed by atoms with Gasteiger partial charge in [0.2, 0.25) is 5.91 Å². The van der Waals surface area contributed by atoms with Crippen molar-refractivity contribution < 1.29 is 24.2 Å². The first-order valence-electron chi connectivity index (χ1n) is 7.84. The molecule has 0 fully saturated rings. The number of fused-ring (bicyclic) bond motifs is 1. The fraction of sp³-hybridized carbons (Fsp3) is 0.529. The Morgan fingerprint density at radius 2 is 1.91 bits per heavy atom. The van der Waals surface area contributed by atoms with Crippen LogP contribution >= 0.6 is 0 Å². The number of rotatable bonds is 7. The van der Waals surface area contributed by atoms with Crippen LogP contribution in [0.3, 0.4) is 0 Å². The molecule has 1 amide bonds. The van der Waals surface area contributed by atoms with Gasteiger partial charge in [0.05, 0.1) is 12.8 Å². The van der Waals surface area contributed by atoms with E-state index in [0.717, 1.165) is 5.56 Å². The lowest BCUT2D eigenvalue weighted by molar-refractivity contribution is -0.138. The zero-order chi connectivity index (χ0) is 16.8.